The second kappa shape index (κ2) is 8.88. The summed E-state index contributed by atoms with van der Waals surface area (Å²) in [6, 6.07) is 3.40. The van der Waals surface area contributed by atoms with Crippen LogP contribution in [0, 0.1) is 12.8 Å². The lowest BCUT2D eigenvalue weighted by atomic mass is 9.93. The molecule has 1 aliphatic rings. The Hall–Kier alpha value is -2.87. The van der Waals surface area contributed by atoms with E-state index in [2.05, 4.69) is 15.0 Å². The van der Waals surface area contributed by atoms with E-state index in [4.69, 9.17) is 9.84 Å². The lowest BCUT2D eigenvalue weighted by molar-refractivity contribution is -0.136. The molecule has 3 rings (SSSR count). The topological polar surface area (TPSA) is 106 Å². The Kier molecular flexibility index (Phi) is 6.30. The third-order valence-corrected chi connectivity index (χ3v) is 4.89. The summed E-state index contributed by atoms with van der Waals surface area (Å²) < 4.78 is 4.92. The number of piperidine rings is 1. The van der Waals surface area contributed by atoms with Gasteiger partial charge >= 0.3 is 5.97 Å². The van der Waals surface area contributed by atoms with Crippen LogP contribution in [0.1, 0.15) is 34.7 Å². The van der Waals surface area contributed by atoms with Crippen LogP contribution < -0.4 is 0 Å². The van der Waals surface area contributed by atoms with E-state index in [1.54, 1.807) is 12.3 Å². The molecule has 1 saturated heterocycles. The minimum absolute atomic E-state index is 0.0286. The van der Waals surface area contributed by atoms with Gasteiger partial charge < -0.3 is 14.7 Å². The minimum Gasteiger partial charge on any atom is -0.478 e. The van der Waals surface area contributed by atoms with Crippen molar-refractivity contribution in [2.45, 2.75) is 26.2 Å². The number of hydrogen-bond acceptors (Lipinski definition) is 6. The zero-order chi connectivity index (χ0) is 20.1. The highest BCUT2D eigenvalue weighted by Gasteiger charge is 2.23. The van der Waals surface area contributed by atoms with Crippen LogP contribution in [0.5, 0.6) is 0 Å². The molecule has 8 heteroatoms. The number of aromatic carboxylic acids is 1. The van der Waals surface area contributed by atoms with Crippen LogP contribution in [-0.4, -0.2) is 63.6 Å². The molecular weight excluding hydrogens is 360 g/mol. The summed E-state index contributed by atoms with van der Waals surface area (Å²) in [6.07, 6.45) is 5.46. The Labute approximate surface area is 163 Å². The van der Waals surface area contributed by atoms with Crippen LogP contribution in [0.3, 0.4) is 0 Å². The highest BCUT2D eigenvalue weighted by Crippen LogP contribution is 2.23. The van der Waals surface area contributed by atoms with Crippen molar-refractivity contribution in [2.24, 2.45) is 5.92 Å². The molecule has 0 aliphatic carbocycles. The Balaban J connectivity index is 1.70. The van der Waals surface area contributed by atoms with Gasteiger partial charge in [0.05, 0.1) is 11.3 Å². The standard InChI is InChI=1S/C20H24N4O4/c1-13-7-17(15-9-16(20(26)27)11-21-10-15)23-18(22-13)8-14-3-5-24(6-4-14)19(25)12-28-2/h7,9-11,14H,3-6,8,12H2,1-2H3,(H,26,27). The number of aryl methyl sites for hydroxylation is 1. The number of carboxylic acid groups (broad SMARTS) is 1. The molecule has 0 atom stereocenters. The molecule has 28 heavy (non-hydrogen) atoms. The molecule has 2 aromatic heterocycles. The molecule has 8 nitrogen and oxygen atoms in total. The number of hydrogen-bond donors (Lipinski definition) is 1. The van der Waals surface area contributed by atoms with Crippen LogP contribution in [0.2, 0.25) is 0 Å². The van der Waals surface area contributed by atoms with Crippen molar-refractivity contribution < 1.29 is 19.4 Å². The molecule has 0 radical (unpaired) electrons. The molecule has 1 amide bonds. The van der Waals surface area contributed by atoms with Gasteiger partial charge in [-0.2, -0.15) is 0 Å². The number of ether oxygens (including phenoxy) is 1. The Morgan fingerprint density at radius 3 is 2.64 bits per heavy atom. The second-order valence-corrected chi connectivity index (χ2v) is 7.04. The van der Waals surface area contributed by atoms with Gasteiger partial charge in [0.1, 0.15) is 12.4 Å². The number of pyridine rings is 1. The normalized spacial score (nSPS) is 14.9. The average Bonchev–Trinajstić information content (AvgIpc) is 2.68. The maximum absolute atomic E-state index is 11.9. The zero-order valence-electron chi connectivity index (χ0n) is 16.1. The fraction of sp³-hybridized carbons (Fsp3) is 0.450. The lowest BCUT2D eigenvalue weighted by Crippen LogP contribution is -2.40. The number of carbonyl (C=O) groups excluding carboxylic acids is 1. The first kappa shape index (κ1) is 19.9. The van der Waals surface area contributed by atoms with E-state index in [9.17, 15) is 9.59 Å². The van der Waals surface area contributed by atoms with Gasteiger partial charge in [-0.25, -0.2) is 14.8 Å². The number of carboxylic acids is 1. The number of nitrogens with zero attached hydrogens (tertiary/aromatic N) is 4. The summed E-state index contributed by atoms with van der Waals surface area (Å²) in [5.74, 6) is 0.151. The van der Waals surface area contributed by atoms with Crippen molar-refractivity contribution in [3.8, 4) is 11.3 Å². The number of carbonyl (C=O) groups is 2. The first-order chi connectivity index (χ1) is 13.5. The summed E-state index contributed by atoms with van der Waals surface area (Å²) in [4.78, 5) is 38.1. The number of likely N-dealkylation sites (tertiary alicyclic amines) is 1. The smallest absolute Gasteiger partial charge is 0.337 e. The van der Waals surface area contributed by atoms with Gasteiger partial charge in [0.25, 0.3) is 0 Å². The minimum atomic E-state index is -1.02. The van der Waals surface area contributed by atoms with E-state index in [0.717, 1.165) is 43.9 Å². The van der Waals surface area contributed by atoms with Crippen LogP contribution in [0.25, 0.3) is 11.3 Å². The first-order valence-electron chi connectivity index (χ1n) is 9.26. The second-order valence-electron chi connectivity index (χ2n) is 7.04. The van der Waals surface area contributed by atoms with Crippen molar-refractivity contribution >= 4 is 11.9 Å². The Bertz CT molecular complexity index is 863. The SMILES string of the molecule is COCC(=O)N1CCC(Cc2nc(C)cc(-c3cncc(C(=O)O)c3)n2)CC1. The van der Waals surface area contributed by atoms with Crippen LogP contribution in [0.4, 0.5) is 0 Å². The summed E-state index contributed by atoms with van der Waals surface area (Å²) in [6.45, 7) is 3.46. The van der Waals surface area contributed by atoms with Crippen LogP contribution >= 0.6 is 0 Å². The average molecular weight is 384 g/mol. The summed E-state index contributed by atoms with van der Waals surface area (Å²) in [7, 11) is 1.53. The lowest BCUT2D eigenvalue weighted by Gasteiger charge is -2.31. The predicted molar refractivity (Wildman–Crippen MR) is 102 cm³/mol. The largest absolute Gasteiger partial charge is 0.478 e. The van der Waals surface area contributed by atoms with Crippen molar-refractivity contribution in [2.75, 3.05) is 26.8 Å². The van der Waals surface area contributed by atoms with Gasteiger partial charge in [0, 0.05) is 50.3 Å². The number of rotatable bonds is 6. The fourth-order valence-corrected chi connectivity index (χ4v) is 3.43. The van der Waals surface area contributed by atoms with E-state index in [0.29, 0.717) is 17.2 Å². The van der Waals surface area contributed by atoms with Crippen molar-refractivity contribution in [3.05, 3.63) is 41.6 Å². The van der Waals surface area contributed by atoms with Crippen molar-refractivity contribution in [3.63, 3.8) is 0 Å². The predicted octanol–water partition coefficient (Wildman–Crippen LogP) is 1.97. The maximum Gasteiger partial charge on any atom is 0.337 e. The molecule has 3 heterocycles. The molecule has 1 aliphatic heterocycles. The quantitative estimate of drug-likeness (QED) is 0.812. The molecule has 1 fully saturated rings. The van der Waals surface area contributed by atoms with Gasteiger partial charge in [-0.15, -0.1) is 0 Å². The Morgan fingerprint density at radius 1 is 1.21 bits per heavy atom. The highest BCUT2D eigenvalue weighted by atomic mass is 16.5. The van der Waals surface area contributed by atoms with E-state index < -0.39 is 5.97 Å². The Morgan fingerprint density at radius 2 is 1.96 bits per heavy atom. The molecule has 0 bridgehead atoms. The first-order valence-corrected chi connectivity index (χ1v) is 9.26. The zero-order valence-corrected chi connectivity index (χ0v) is 16.1. The summed E-state index contributed by atoms with van der Waals surface area (Å²) in [5, 5.41) is 9.17. The fourth-order valence-electron chi connectivity index (χ4n) is 3.43. The molecule has 0 unspecified atom stereocenters. The summed E-state index contributed by atoms with van der Waals surface area (Å²) >= 11 is 0. The molecular formula is C20H24N4O4. The van der Waals surface area contributed by atoms with Gasteiger partial charge in [0.2, 0.25) is 5.91 Å². The molecule has 0 spiro atoms. The van der Waals surface area contributed by atoms with Gasteiger partial charge in [0.15, 0.2) is 0 Å². The van der Waals surface area contributed by atoms with Gasteiger partial charge in [-0.05, 0) is 37.8 Å². The van der Waals surface area contributed by atoms with E-state index in [-0.39, 0.29) is 18.1 Å². The molecule has 2 aromatic rings. The highest BCUT2D eigenvalue weighted by molar-refractivity contribution is 5.88. The summed E-state index contributed by atoms with van der Waals surface area (Å²) in [5.41, 5.74) is 2.29. The van der Waals surface area contributed by atoms with E-state index in [1.807, 2.05) is 17.9 Å². The third-order valence-electron chi connectivity index (χ3n) is 4.89. The molecule has 0 saturated carbocycles. The van der Waals surface area contributed by atoms with Crippen LogP contribution in [0.15, 0.2) is 24.5 Å². The number of amides is 1. The number of aromatic nitrogens is 3. The number of methoxy groups -OCH3 is 1. The van der Waals surface area contributed by atoms with Gasteiger partial charge in [-0.3, -0.25) is 9.78 Å². The van der Waals surface area contributed by atoms with E-state index >= 15 is 0 Å². The van der Waals surface area contributed by atoms with Crippen LogP contribution in [-0.2, 0) is 16.0 Å². The van der Waals surface area contributed by atoms with E-state index in [1.165, 1.54) is 13.3 Å². The molecule has 0 aromatic carbocycles. The van der Waals surface area contributed by atoms with Gasteiger partial charge in [-0.1, -0.05) is 0 Å². The van der Waals surface area contributed by atoms with Crippen molar-refractivity contribution in [1.82, 2.24) is 19.9 Å². The maximum atomic E-state index is 11.9. The molecule has 1 N–H and O–H groups in total. The van der Waals surface area contributed by atoms with Crippen molar-refractivity contribution in [1.29, 1.82) is 0 Å². The molecule has 148 valence electrons. The monoisotopic (exact) mass is 384 g/mol. The third kappa shape index (κ3) is 4.89.